The Morgan fingerprint density at radius 2 is 1.85 bits per heavy atom. The Labute approximate surface area is 124 Å². The predicted molar refractivity (Wildman–Crippen MR) is 81.6 cm³/mol. The van der Waals surface area contributed by atoms with Gasteiger partial charge < -0.3 is 0 Å². The summed E-state index contributed by atoms with van der Waals surface area (Å²) in [4.78, 5) is 0.191. The lowest BCUT2D eigenvalue weighted by Crippen LogP contribution is -2.15. The van der Waals surface area contributed by atoms with Gasteiger partial charge in [-0.15, -0.1) is 11.6 Å². The molecule has 1 unspecified atom stereocenters. The number of hydrogen-bond acceptors (Lipinski definition) is 3. The highest BCUT2D eigenvalue weighted by Gasteiger charge is 2.19. The molecule has 0 bridgehead atoms. The third-order valence-corrected chi connectivity index (χ3v) is 4.71. The van der Waals surface area contributed by atoms with Crippen molar-refractivity contribution in [2.24, 2.45) is 0 Å². The summed E-state index contributed by atoms with van der Waals surface area (Å²) in [5.74, 6) is 0. The van der Waals surface area contributed by atoms with Gasteiger partial charge in [-0.25, -0.2) is 0 Å². The first-order valence-electron chi connectivity index (χ1n) is 6.56. The van der Waals surface area contributed by atoms with Gasteiger partial charge in [-0.3, -0.25) is 4.18 Å². The molecule has 0 aliphatic rings. The maximum absolute atomic E-state index is 12.3. The molecule has 0 heterocycles. The van der Waals surface area contributed by atoms with E-state index in [1.165, 1.54) is 0 Å². The molecule has 0 aromatic heterocycles. The summed E-state index contributed by atoms with van der Waals surface area (Å²) in [6, 6.07) is 12.5. The molecule has 5 heteroatoms. The quantitative estimate of drug-likeness (QED) is 0.599. The molecule has 0 aliphatic heterocycles. The van der Waals surface area contributed by atoms with E-state index < -0.39 is 10.1 Å². The van der Waals surface area contributed by atoms with Gasteiger partial charge in [0.05, 0.1) is 12.0 Å². The van der Waals surface area contributed by atoms with Crippen molar-refractivity contribution in [3.63, 3.8) is 0 Å². The first-order chi connectivity index (χ1) is 9.54. The van der Waals surface area contributed by atoms with E-state index in [9.17, 15) is 8.42 Å². The fraction of sp³-hybridized carbons (Fsp3) is 0.333. The Kier molecular flexibility index (Phi) is 5.02. The summed E-state index contributed by atoms with van der Waals surface area (Å²) in [6.07, 6.45) is 1.62. The van der Waals surface area contributed by atoms with E-state index in [-0.39, 0.29) is 16.9 Å². The maximum atomic E-state index is 12.3. The van der Waals surface area contributed by atoms with Gasteiger partial charge in [0, 0.05) is 5.39 Å². The molecule has 0 saturated carbocycles. The molecule has 1 atom stereocenters. The van der Waals surface area contributed by atoms with Crippen molar-refractivity contribution in [1.29, 1.82) is 0 Å². The molecular weight excluding hydrogens is 296 g/mol. The van der Waals surface area contributed by atoms with Crippen LogP contribution in [0.1, 0.15) is 19.8 Å². The zero-order valence-corrected chi connectivity index (χ0v) is 12.8. The number of alkyl halides is 1. The standard InChI is InChI=1S/C15H17ClO3S/c1-2-6-13(16)11-19-20(17,18)15-10-5-8-12-7-3-4-9-14(12)15/h3-5,7-10,13H,2,6,11H2,1H3. The fourth-order valence-electron chi connectivity index (χ4n) is 2.04. The van der Waals surface area contributed by atoms with E-state index >= 15 is 0 Å². The largest absolute Gasteiger partial charge is 0.297 e. The minimum atomic E-state index is -3.78. The van der Waals surface area contributed by atoms with Gasteiger partial charge in [-0.2, -0.15) is 8.42 Å². The van der Waals surface area contributed by atoms with Crippen LogP contribution >= 0.6 is 11.6 Å². The second kappa shape index (κ2) is 6.57. The number of hydrogen-bond donors (Lipinski definition) is 0. The monoisotopic (exact) mass is 312 g/mol. The lowest BCUT2D eigenvalue weighted by atomic mass is 10.1. The highest BCUT2D eigenvalue weighted by molar-refractivity contribution is 7.87. The third-order valence-electron chi connectivity index (χ3n) is 3.02. The Morgan fingerprint density at radius 1 is 1.15 bits per heavy atom. The Balaban J connectivity index is 2.28. The molecule has 0 N–H and O–H groups in total. The van der Waals surface area contributed by atoms with Crippen molar-refractivity contribution in [1.82, 2.24) is 0 Å². The van der Waals surface area contributed by atoms with Gasteiger partial charge in [-0.05, 0) is 17.9 Å². The number of fused-ring (bicyclic) bond motifs is 1. The molecule has 0 aliphatic carbocycles. The van der Waals surface area contributed by atoms with E-state index in [1.807, 2.05) is 31.2 Å². The van der Waals surface area contributed by atoms with Crippen LogP contribution < -0.4 is 0 Å². The normalized spacial score (nSPS) is 13.5. The molecule has 2 rings (SSSR count). The van der Waals surface area contributed by atoms with Crippen LogP contribution in [0.15, 0.2) is 47.4 Å². The summed E-state index contributed by atoms with van der Waals surface area (Å²) in [5.41, 5.74) is 0. The highest BCUT2D eigenvalue weighted by Crippen LogP contribution is 2.24. The summed E-state index contributed by atoms with van der Waals surface area (Å²) >= 11 is 6.00. The van der Waals surface area contributed by atoms with Crippen molar-refractivity contribution >= 4 is 32.5 Å². The first kappa shape index (κ1) is 15.3. The average molecular weight is 313 g/mol. The van der Waals surface area contributed by atoms with Crippen molar-refractivity contribution < 1.29 is 12.6 Å². The van der Waals surface area contributed by atoms with Gasteiger partial charge in [0.25, 0.3) is 10.1 Å². The summed E-state index contributed by atoms with van der Waals surface area (Å²) in [5, 5.41) is 1.24. The topological polar surface area (TPSA) is 43.4 Å². The Bertz CT molecular complexity index is 677. The summed E-state index contributed by atoms with van der Waals surface area (Å²) < 4.78 is 29.6. The van der Waals surface area contributed by atoms with Crippen molar-refractivity contribution in [2.45, 2.75) is 30.0 Å². The lowest BCUT2D eigenvalue weighted by Gasteiger charge is -2.11. The van der Waals surface area contributed by atoms with Crippen molar-refractivity contribution in [3.05, 3.63) is 42.5 Å². The molecule has 2 aromatic carbocycles. The maximum Gasteiger partial charge on any atom is 0.297 e. The van der Waals surface area contributed by atoms with Crippen LogP contribution in [0.4, 0.5) is 0 Å². The predicted octanol–water partition coefficient (Wildman–Crippen LogP) is 3.95. The van der Waals surface area contributed by atoms with Gasteiger partial charge in [0.15, 0.2) is 0 Å². The SMILES string of the molecule is CCCC(Cl)COS(=O)(=O)c1cccc2ccccc12. The molecule has 20 heavy (non-hydrogen) atoms. The molecule has 0 fully saturated rings. The minimum Gasteiger partial charge on any atom is -0.265 e. The average Bonchev–Trinajstić information content (AvgIpc) is 2.45. The molecule has 0 saturated heterocycles. The van der Waals surface area contributed by atoms with Crippen LogP contribution in [-0.2, 0) is 14.3 Å². The fourth-order valence-corrected chi connectivity index (χ4v) is 3.56. The van der Waals surface area contributed by atoms with E-state index in [2.05, 4.69) is 0 Å². The van der Waals surface area contributed by atoms with E-state index in [1.54, 1.807) is 18.2 Å². The summed E-state index contributed by atoms with van der Waals surface area (Å²) in [6.45, 7) is 2.00. The third kappa shape index (κ3) is 3.51. The molecule has 0 amide bonds. The lowest BCUT2D eigenvalue weighted by molar-refractivity contribution is 0.311. The van der Waals surface area contributed by atoms with Crippen LogP contribution in [0.3, 0.4) is 0 Å². The number of benzene rings is 2. The Hall–Kier alpha value is -1.10. The smallest absolute Gasteiger partial charge is 0.265 e. The van der Waals surface area contributed by atoms with Gasteiger partial charge in [0.1, 0.15) is 4.90 Å². The van der Waals surface area contributed by atoms with Crippen LogP contribution in [0, 0.1) is 0 Å². The zero-order valence-electron chi connectivity index (χ0n) is 11.3. The molecule has 0 spiro atoms. The van der Waals surface area contributed by atoms with Crippen LogP contribution in [-0.4, -0.2) is 20.4 Å². The second-order valence-electron chi connectivity index (χ2n) is 4.60. The van der Waals surface area contributed by atoms with Gasteiger partial charge in [0.2, 0.25) is 0 Å². The van der Waals surface area contributed by atoms with Crippen LogP contribution in [0.5, 0.6) is 0 Å². The Morgan fingerprint density at radius 3 is 2.60 bits per heavy atom. The molecule has 0 radical (unpaired) electrons. The number of rotatable bonds is 6. The van der Waals surface area contributed by atoms with E-state index in [4.69, 9.17) is 15.8 Å². The summed E-state index contributed by atoms with van der Waals surface area (Å²) in [7, 11) is -3.78. The molecular formula is C15H17ClO3S. The first-order valence-corrected chi connectivity index (χ1v) is 8.40. The second-order valence-corrected chi connectivity index (χ2v) is 6.80. The number of halogens is 1. The molecule has 3 nitrogen and oxygen atoms in total. The zero-order chi connectivity index (χ0) is 14.6. The highest BCUT2D eigenvalue weighted by atomic mass is 35.5. The van der Waals surface area contributed by atoms with Gasteiger partial charge >= 0.3 is 0 Å². The van der Waals surface area contributed by atoms with E-state index in [0.29, 0.717) is 5.39 Å². The minimum absolute atomic E-state index is 0.000943. The van der Waals surface area contributed by atoms with Crippen LogP contribution in [0.2, 0.25) is 0 Å². The van der Waals surface area contributed by atoms with E-state index in [0.717, 1.165) is 18.2 Å². The van der Waals surface area contributed by atoms with Crippen LogP contribution in [0.25, 0.3) is 10.8 Å². The van der Waals surface area contributed by atoms with Gasteiger partial charge in [-0.1, -0.05) is 49.7 Å². The van der Waals surface area contributed by atoms with Crippen molar-refractivity contribution in [2.75, 3.05) is 6.61 Å². The molecule has 2 aromatic rings. The molecule has 108 valence electrons. The van der Waals surface area contributed by atoms with Crippen molar-refractivity contribution in [3.8, 4) is 0 Å².